The third-order valence-corrected chi connectivity index (χ3v) is 2.51. The minimum Gasteiger partial charge on any atom is -0.379 e. The Hall–Kier alpha value is -0.0800. The number of methoxy groups -OCH3 is 1. The van der Waals surface area contributed by atoms with Crippen LogP contribution < -0.4 is 0 Å². The van der Waals surface area contributed by atoms with Gasteiger partial charge in [-0.3, -0.25) is 0 Å². The highest BCUT2D eigenvalue weighted by atomic mass is 16.5. The van der Waals surface area contributed by atoms with Gasteiger partial charge < -0.3 is 9.47 Å². The van der Waals surface area contributed by atoms with Crippen LogP contribution in [-0.4, -0.2) is 26.4 Å². The highest BCUT2D eigenvalue weighted by Gasteiger charge is 2.27. The van der Waals surface area contributed by atoms with Crippen molar-refractivity contribution >= 4 is 0 Å². The van der Waals surface area contributed by atoms with Crippen molar-refractivity contribution in [2.75, 3.05) is 20.3 Å². The molecule has 1 fully saturated rings. The SMILES string of the molecule is CO[C@@H]1COCC[C@H]1C(C)C. The fourth-order valence-corrected chi connectivity index (χ4v) is 1.73. The largest absolute Gasteiger partial charge is 0.379 e. The Morgan fingerprint density at radius 2 is 2.18 bits per heavy atom. The molecule has 11 heavy (non-hydrogen) atoms. The molecule has 0 aromatic carbocycles. The Labute approximate surface area is 68.9 Å². The summed E-state index contributed by atoms with van der Waals surface area (Å²) in [6.45, 7) is 6.19. The van der Waals surface area contributed by atoms with Crippen LogP contribution in [0.25, 0.3) is 0 Å². The van der Waals surface area contributed by atoms with Gasteiger partial charge in [-0.2, -0.15) is 0 Å². The number of hydrogen-bond acceptors (Lipinski definition) is 2. The van der Waals surface area contributed by atoms with E-state index in [4.69, 9.17) is 9.47 Å². The zero-order valence-electron chi connectivity index (χ0n) is 7.67. The number of hydrogen-bond donors (Lipinski definition) is 0. The molecule has 0 spiro atoms. The maximum atomic E-state index is 5.34. The lowest BCUT2D eigenvalue weighted by Gasteiger charge is -2.32. The van der Waals surface area contributed by atoms with E-state index in [1.807, 2.05) is 0 Å². The Balaban J connectivity index is 2.44. The molecule has 0 radical (unpaired) electrons. The van der Waals surface area contributed by atoms with Crippen molar-refractivity contribution in [3.05, 3.63) is 0 Å². The van der Waals surface area contributed by atoms with E-state index in [1.54, 1.807) is 7.11 Å². The zero-order chi connectivity index (χ0) is 8.27. The lowest BCUT2D eigenvalue weighted by atomic mass is 9.86. The van der Waals surface area contributed by atoms with Gasteiger partial charge in [0.1, 0.15) is 0 Å². The maximum absolute atomic E-state index is 5.34. The minimum atomic E-state index is 0.323. The highest BCUT2D eigenvalue weighted by Crippen LogP contribution is 2.25. The van der Waals surface area contributed by atoms with Gasteiger partial charge in [-0.1, -0.05) is 13.8 Å². The monoisotopic (exact) mass is 158 g/mol. The van der Waals surface area contributed by atoms with Crippen LogP contribution in [0.15, 0.2) is 0 Å². The molecule has 0 unspecified atom stereocenters. The standard InChI is InChI=1S/C9H18O2/c1-7(2)8-4-5-11-6-9(8)10-3/h7-9H,4-6H2,1-3H3/t8-,9+/m0/s1. The molecule has 1 aliphatic heterocycles. The van der Waals surface area contributed by atoms with Crippen molar-refractivity contribution in [3.8, 4) is 0 Å². The van der Waals surface area contributed by atoms with Crippen molar-refractivity contribution < 1.29 is 9.47 Å². The normalized spacial score (nSPS) is 32.7. The highest BCUT2D eigenvalue weighted by molar-refractivity contribution is 4.76. The first-order valence-electron chi connectivity index (χ1n) is 4.36. The molecule has 0 amide bonds. The molecule has 0 aliphatic carbocycles. The summed E-state index contributed by atoms with van der Waals surface area (Å²) < 4.78 is 10.7. The summed E-state index contributed by atoms with van der Waals surface area (Å²) in [5.74, 6) is 1.40. The molecular formula is C9H18O2. The summed E-state index contributed by atoms with van der Waals surface area (Å²) in [5, 5.41) is 0. The lowest BCUT2D eigenvalue weighted by Crippen LogP contribution is -2.36. The Kier molecular flexibility index (Phi) is 3.34. The van der Waals surface area contributed by atoms with Crippen molar-refractivity contribution in [2.45, 2.75) is 26.4 Å². The molecule has 1 heterocycles. The Bertz CT molecular complexity index is 112. The summed E-state index contributed by atoms with van der Waals surface area (Å²) in [5.41, 5.74) is 0. The van der Waals surface area contributed by atoms with E-state index < -0.39 is 0 Å². The van der Waals surface area contributed by atoms with Gasteiger partial charge in [0.25, 0.3) is 0 Å². The molecule has 2 heteroatoms. The molecule has 0 aromatic rings. The van der Waals surface area contributed by atoms with Crippen LogP contribution in [-0.2, 0) is 9.47 Å². The summed E-state index contributed by atoms with van der Waals surface area (Å²) in [6, 6.07) is 0. The minimum absolute atomic E-state index is 0.323. The van der Waals surface area contributed by atoms with Crippen LogP contribution in [0.2, 0.25) is 0 Å². The number of ether oxygens (including phenoxy) is 2. The molecule has 1 saturated heterocycles. The first-order valence-corrected chi connectivity index (χ1v) is 4.36. The van der Waals surface area contributed by atoms with Crippen molar-refractivity contribution in [1.82, 2.24) is 0 Å². The van der Waals surface area contributed by atoms with Crippen LogP contribution >= 0.6 is 0 Å². The van der Waals surface area contributed by atoms with E-state index in [0.717, 1.165) is 19.6 Å². The molecule has 1 rings (SSSR count). The lowest BCUT2D eigenvalue weighted by molar-refractivity contribution is -0.0775. The smallest absolute Gasteiger partial charge is 0.0836 e. The number of rotatable bonds is 2. The summed E-state index contributed by atoms with van der Waals surface area (Å²) in [7, 11) is 1.77. The first-order chi connectivity index (χ1) is 5.25. The van der Waals surface area contributed by atoms with E-state index in [9.17, 15) is 0 Å². The predicted molar refractivity (Wildman–Crippen MR) is 44.6 cm³/mol. The summed E-state index contributed by atoms with van der Waals surface area (Å²) >= 11 is 0. The topological polar surface area (TPSA) is 18.5 Å². The average molecular weight is 158 g/mol. The van der Waals surface area contributed by atoms with E-state index in [2.05, 4.69) is 13.8 Å². The molecule has 1 aliphatic rings. The van der Waals surface area contributed by atoms with Gasteiger partial charge in [0.05, 0.1) is 12.7 Å². The fourth-order valence-electron chi connectivity index (χ4n) is 1.73. The van der Waals surface area contributed by atoms with E-state index in [-0.39, 0.29) is 0 Å². The average Bonchev–Trinajstić information content (AvgIpc) is 2.04. The van der Waals surface area contributed by atoms with Gasteiger partial charge in [0.15, 0.2) is 0 Å². The second kappa shape index (κ2) is 4.07. The van der Waals surface area contributed by atoms with Gasteiger partial charge in [-0.05, 0) is 18.3 Å². The quantitative estimate of drug-likeness (QED) is 0.609. The van der Waals surface area contributed by atoms with Gasteiger partial charge in [-0.15, -0.1) is 0 Å². The van der Waals surface area contributed by atoms with Crippen LogP contribution in [0.1, 0.15) is 20.3 Å². The molecule has 0 N–H and O–H groups in total. The molecule has 2 nitrogen and oxygen atoms in total. The van der Waals surface area contributed by atoms with Crippen LogP contribution in [0.3, 0.4) is 0 Å². The van der Waals surface area contributed by atoms with Gasteiger partial charge in [0.2, 0.25) is 0 Å². The molecule has 0 aromatic heterocycles. The zero-order valence-corrected chi connectivity index (χ0v) is 7.67. The van der Waals surface area contributed by atoms with Crippen LogP contribution in [0.5, 0.6) is 0 Å². The first kappa shape index (κ1) is 9.01. The fraction of sp³-hybridized carbons (Fsp3) is 1.00. The second-order valence-corrected chi connectivity index (χ2v) is 3.55. The molecule has 0 saturated carbocycles. The summed E-state index contributed by atoms with van der Waals surface area (Å²) in [4.78, 5) is 0. The van der Waals surface area contributed by atoms with E-state index in [1.165, 1.54) is 0 Å². The van der Waals surface area contributed by atoms with Crippen molar-refractivity contribution in [3.63, 3.8) is 0 Å². The summed E-state index contributed by atoms with van der Waals surface area (Å²) in [6.07, 6.45) is 1.47. The molecule has 0 bridgehead atoms. The van der Waals surface area contributed by atoms with Crippen molar-refractivity contribution in [2.24, 2.45) is 11.8 Å². The van der Waals surface area contributed by atoms with Gasteiger partial charge in [0, 0.05) is 13.7 Å². The van der Waals surface area contributed by atoms with Crippen LogP contribution in [0.4, 0.5) is 0 Å². The van der Waals surface area contributed by atoms with E-state index in [0.29, 0.717) is 17.9 Å². The third-order valence-electron chi connectivity index (χ3n) is 2.51. The second-order valence-electron chi connectivity index (χ2n) is 3.55. The predicted octanol–water partition coefficient (Wildman–Crippen LogP) is 1.69. The molecular weight excluding hydrogens is 140 g/mol. The Morgan fingerprint density at radius 1 is 1.45 bits per heavy atom. The maximum Gasteiger partial charge on any atom is 0.0836 e. The van der Waals surface area contributed by atoms with Crippen molar-refractivity contribution in [1.29, 1.82) is 0 Å². The van der Waals surface area contributed by atoms with Gasteiger partial charge >= 0.3 is 0 Å². The van der Waals surface area contributed by atoms with E-state index >= 15 is 0 Å². The third kappa shape index (κ3) is 2.17. The Morgan fingerprint density at radius 3 is 2.64 bits per heavy atom. The van der Waals surface area contributed by atoms with Crippen LogP contribution in [0, 0.1) is 11.8 Å². The molecule has 2 atom stereocenters. The molecule has 66 valence electrons. The van der Waals surface area contributed by atoms with Gasteiger partial charge in [-0.25, -0.2) is 0 Å².